The Hall–Kier alpha value is -2.38. The van der Waals surface area contributed by atoms with E-state index < -0.39 is 11.4 Å². The van der Waals surface area contributed by atoms with Gasteiger partial charge in [-0.2, -0.15) is 0 Å². The number of aryl methyl sites for hydroxylation is 1. The predicted octanol–water partition coefficient (Wildman–Crippen LogP) is 1.23. The number of carboxylic acids is 1. The summed E-state index contributed by atoms with van der Waals surface area (Å²) in [6, 6.07) is 3.61. The number of aromatic amines is 1. The number of hydrogen-bond donors (Lipinski definition) is 3. The highest BCUT2D eigenvalue weighted by molar-refractivity contribution is 5.93. The number of fused-ring (bicyclic) bond motifs is 1. The molecule has 0 aliphatic carbocycles. The van der Waals surface area contributed by atoms with Crippen molar-refractivity contribution in [2.24, 2.45) is 0 Å². The molecule has 0 atom stereocenters. The first-order valence-electron chi connectivity index (χ1n) is 7.73. The molecule has 1 aromatic carbocycles. The lowest BCUT2D eigenvalue weighted by Crippen LogP contribution is -2.17. The van der Waals surface area contributed by atoms with Crippen LogP contribution in [0.3, 0.4) is 0 Å². The highest BCUT2D eigenvalue weighted by Gasteiger charge is 2.14. The summed E-state index contributed by atoms with van der Waals surface area (Å²) in [6.07, 6.45) is 2.66. The molecule has 0 amide bonds. The van der Waals surface area contributed by atoms with Crippen molar-refractivity contribution in [2.75, 3.05) is 38.8 Å². The van der Waals surface area contributed by atoms with Crippen LogP contribution in [-0.4, -0.2) is 55.1 Å². The van der Waals surface area contributed by atoms with Crippen molar-refractivity contribution < 1.29 is 19.7 Å². The van der Waals surface area contributed by atoms with E-state index in [2.05, 4.69) is 4.98 Å². The van der Waals surface area contributed by atoms with E-state index in [-0.39, 0.29) is 12.2 Å². The first-order valence-corrected chi connectivity index (χ1v) is 7.73. The second-order valence-electron chi connectivity index (χ2n) is 5.70. The van der Waals surface area contributed by atoms with E-state index in [1.165, 1.54) is 6.20 Å². The monoisotopic (exact) mass is 334 g/mol. The summed E-state index contributed by atoms with van der Waals surface area (Å²) < 4.78 is 5.26. The number of hydrogen-bond acceptors (Lipinski definition) is 5. The number of aromatic nitrogens is 1. The molecular weight excluding hydrogens is 312 g/mol. The van der Waals surface area contributed by atoms with Crippen LogP contribution in [0.15, 0.2) is 23.1 Å². The maximum atomic E-state index is 12.4. The molecule has 0 aliphatic heterocycles. The molecule has 0 radical (unpaired) electrons. The van der Waals surface area contributed by atoms with E-state index in [0.717, 1.165) is 17.7 Å². The number of anilines is 1. The number of aromatic carboxylic acids is 1. The second kappa shape index (κ2) is 7.94. The van der Waals surface area contributed by atoms with Crippen LogP contribution in [-0.2, 0) is 11.2 Å². The Bertz CT molecular complexity index is 782. The number of nitrogens with zero attached hydrogens (tertiary/aromatic N) is 1. The minimum atomic E-state index is -1.24. The van der Waals surface area contributed by atoms with Crippen molar-refractivity contribution in [3.8, 4) is 0 Å². The third-order valence-corrected chi connectivity index (χ3v) is 3.76. The van der Waals surface area contributed by atoms with Crippen LogP contribution in [0.5, 0.6) is 0 Å². The molecule has 0 saturated heterocycles. The van der Waals surface area contributed by atoms with Gasteiger partial charge in [0, 0.05) is 38.0 Å². The number of benzene rings is 1. The topological polar surface area (TPSA) is 103 Å². The van der Waals surface area contributed by atoms with E-state index in [9.17, 15) is 9.59 Å². The molecule has 7 nitrogen and oxygen atoms in total. The molecule has 0 saturated carbocycles. The Labute approximate surface area is 139 Å². The lowest BCUT2D eigenvalue weighted by Gasteiger charge is -2.18. The second-order valence-corrected chi connectivity index (χ2v) is 5.70. The van der Waals surface area contributed by atoms with Crippen LogP contribution in [0.4, 0.5) is 5.69 Å². The van der Waals surface area contributed by atoms with Gasteiger partial charge in [0.1, 0.15) is 5.56 Å². The van der Waals surface area contributed by atoms with E-state index in [1.807, 2.05) is 25.1 Å². The molecule has 2 rings (SSSR count). The van der Waals surface area contributed by atoms with Gasteiger partial charge in [-0.1, -0.05) is 0 Å². The fourth-order valence-corrected chi connectivity index (χ4v) is 2.61. The number of aliphatic hydroxyl groups is 1. The van der Waals surface area contributed by atoms with E-state index in [0.29, 0.717) is 30.5 Å². The minimum absolute atomic E-state index is 0.00767. The van der Waals surface area contributed by atoms with Gasteiger partial charge in [0.25, 0.3) is 0 Å². The normalized spacial score (nSPS) is 11.0. The van der Waals surface area contributed by atoms with Gasteiger partial charge in [0.15, 0.2) is 0 Å². The summed E-state index contributed by atoms with van der Waals surface area (Å²) >= 11 is 0. The van der Waals surface area contributed by atoms with E-state index in [4.69, 9.17) is 14.9 Å². The van der Waals surface area contributed by atoms with E-state index >= 15 is 0 Å². The van der Waals surface area contributed by atoms with Crippen molar-refractivity contribution in [1.82, 2.24) is 4.98 Å². The lowest BCUT2D eigenvalue weighted by molar-refractivity contribution is 0.0695. The Kier molecular flexibility index (Phi) is 5.94. The van der Waals surface area contributed by atoms with Gasteiger partial charge in [-0.25, -0.2) is 4.79 Å². The molecule has 7 heteroatoms. The summed E-state index contributed by atoms with van der Waals surface area (Å²) in [4.78, 5) is 28.3. The Balaban J connectivity index is 2.39. The van der Waals surface area contributed by atoms with Gasteiger partial charge in [-0.05, 0) is 30.5 Å². The number of rotatable bonds is 8. The number of H-pyrrole nitrogens is 1. The van der Waals surface area contributed by atoms with Crippen LogP contribution in [0.1, 0.15) is 22.3 Å². The average Bonchev–Trinajstić information content (AvgIpc) is 2.54. The van der Waals surface area contributed by atoms with Crippen molar-refractivity contribution >= 4 is 22.6 Å². The van der Waals surface area contributed by atoms with Gasteiger partial charge in [-0.3, -0.25) is 4.79 Å². The highest BCUT2D eigenvalue weighted by atomic mass is 16.5. The molecule has 0 unspecified atom stereocenters. The van der Waals surface area contributed by atoms with Gasteiger partial charge in [-0.15, -0.1) is 0 Å². The van der Waals surface area contributed by atoms with Crippen LogP contribution in [0.25, 0.3) is 10.9 Å². The van der Waals surface area contributed by atoms with Gasteiger partial charge >= 0.3 is 5.97 Å². The molecular formula is C17H22N2O5. The molecule has 0 fully saturated rings. The summed E-state index contributed by atoms with van der Waals surface area (Å²) in [5.74, 6) is -1.24. The van der Waals surface area contributed by atoms with Crippen LogP contribution >= 0.6 is 0 Å². The Morgan fingerprint density at radius 1 is 1.29 bits per heavy atom. The zero-order valence-corrected chi connectivity index (χ0v) is 13.8. The van der Waals surface area contributed by atoms with Crippen LogP contribution in [0.2, 0.25) is 0 Å². The number of pyridine rings is 1. The lowest BCUT2D eigenvalue weighted by atomic mass is 10.0. The summed E-state index contributed by atoms with van der Waals surface area (Å²) in [6.45, 7) is 0.809. The fraction of sp³-hybridized carbons (Fsp3) is 0.412. The number of ether oxygens (including phenoxy) is 1. The maximum Gasteiger partial charge on any atom is 0.341 e. The number of carboxylic acid groups (broad SMARTS) is 1. The fourth-order valence-electron chi connectivity index (χ4n) is 2.61. The third-order valence-electron chi connectivity index (χ3n) is 3.76. The molecule has 130 valence electrons. The van der Waals surface area contributed by atoms with Crippen molar-refractivity contribution in [2.45, 2.75) is 12.8 Å². The molecule has 3 N–H and O–H groups in total. The molecule has 24 heavy (non-hydrogen) atoms. The number of carbonyl (C=O) groups is 1. The van der Waals surface area contributed by atoms with Crippen molar-refractivity contribution in [3.63, 3.8) is 0 Å². The maximum absolute atomic E-state index is 12.4. The highest BCUT2D eigenvalue weighted by Crippen LogP contribution is 2.25. The smallest absolute Gasteiger partial charge is 0.341 e. The molecule has 1 aromatic heterocycles. The van der Waals surface area contributed by atoms with Gasteiger partial charge in [0.05, 0.1) is 18.7 Å². The zero-order valence-electron chi connectivity index (χ0n) is 13.8. The Morgan fingerprint density at radius 3 is 2.67 bits per heavy atom. The first kappa shape index (κ1) is 18.0. The number of aliphatic hydroxyl groups excluding tert-OH is 1. The summed E-state index contributed by atoms with van der Waals surface area (Å²) in [5, 5.41) is 18.2. The molecule has 0 aliphatic rings. The Morgan fingerprint density at radius 2 is 2.04 bits per heavy atom. The van der Waals surface area contributed by atoms with Gasteiger partial charge in [0.2, 0.25) is 5.43 Å². The van der Waals surface area contributed by atoms with Crippen molar-refractivity contribution in [3.05, 3.63) is 39.7 Å². The molecule has 0 bridgehead atoms. The quantitative estimate of drug-likeness (QED) is 0.628. The largest absolute Gasteiger partial charge is 0.477 e. The summed E-state index contributed by atoms with van der Waals surface area (Å²) in [5.41, 5.74) is 1.77. The van der Waals surface area contributed by atoms with E-state index in [1.54, 1.807) is 6.07 Å². The molecule has 2 aromatic rings. The first-order chi connectivity index (χ1) is 11.5. The van der Waals surface area contributed by atoms with Crippen LogP contribution in [0, 0.1) is 0 Å². The predicted molar refractivity (Wildman–Crippen MR) is 92.1 cm³/mol. The SMILES string of the molecule is CN(C)c1cc2[nH]cc(C(=O)O)c(=O)c2cc1CCCOCCO. The van der Waals surface area contributed by atoms with Crippen molar-refractivity contribution in [1.29, 1.82) is 0 Å². The summed E-state index contributed by atoms with van der Waals surface area (Å²) in [7, 11) is 3.83. The van der Waals surface area contributed by atoms with Crippen LogP contribution < -0.4 is 10.3 Å². The molecule has 1 heterocycles. The number of nitrogens with one attached hydrogen (secondary N) is 1. The average molecular weight is 334 g/mol. The third kappa shape index (κ3) is 3.93. The molecule has 0 spiro atoms. The minimum Gasteiger partial charge on any atom is -0.477 e. The zero-order chi connectivity index (χ0) is 17.7. The van der Waals surface area contributed by atoms with Gasteiger partial charge < -0.3 is 24.8 Å². The standard InChI is InChI=1S/C17H22N2O5/c1-19(2)15-9-14-12(16(21)13(10-18-14)17(22)23)8-11(15)4-3-6-24-7-5-20/h8-10,20H,3-7H2,1-2H3,(H,18,21)(H,22,23).